The number of anilines is 1. The number of piperazine rings is 1. The fourth-order valence-corrected chi connectivity index (χ4v) is 2.72. The first kappa shape index (κ1) is 15.5. The van der Waals surface area contributed by atoms with Crippen molar-refractivity contribution in [1.29, 1.82) is 0 Å². The number of carbonyl (C=O) groups excluding carboxylic acids is 1. The maximum atomic E-state index is 14.7. The monoisotopic (exact) mass is 318 g/mol. The predicted molar refractivity (Wildman–Crippen MR) is 84.1 cm³/mol. The van der Waals surface area contributed by atoms with Gasteiger partial charge in [0.15, 0.2) is 0 Å². The van der Waals surface area contributed by atoms with E-state index in [4.69, 9.17) is 4.74 Å². The topological polar surface area (TPSA) is 58.6 Å². The summed E-state index contributed by atoms with van der Waals surface area (Å²) in [7, 11) is 1.55. The van der Waals surface area contributed by atoms with E-state index in [0.717, 1.165) is 0 Å². The van der Waals surface area contributed by atoms with E-state index >= 15 is 0 Å². The zero-order valence-corrected chi connectivity index (χ0v) is 13.0. The molecular weight excluding hydrogens is 299 g/mol. The van der Waals surface area contributed by atoms with Crippen LogP contribution in [0.2, 0.25) is 0 Å². The van der Waals surface area contributed by atoms with Gasteiger partial charge in [-0.2, -0.15) is 4.98 Å². The molecule has 1 aromatic heterocycles. The summed E-state index contributed by atoms with van der Waals surface area (Å²) in [5.74, 6) is 0.589. The van der Waals surface area contributed by atoms with Crippen molar-refractivity contribution >= 4 is 11.9 Å². The molecule has 2 heterocycles. The minimum Gasteiger partial charge on any atom is -0.481 e. The first-order valence-electron chi connectivity index (χ1n) is 7.57. The summed E-state index contributed by atoms with van der Waals surface area (Å²) in [4.78, 5) is 24.5. The van der Waals surface area contributed by atoms with Crippen molar-refractivity contribution < 1.29 is 13.9 Å². The SMILES string of the molecule is COc1ccnc(N2CCN(C(=O)C3(F)C=CC=CC3)CC2)n1. The number of aromatic nitrogens is 2. The average Bonchev–Trinajstić information content (AvgIpc) is 2.62. The van der Waals surface area contributed by atoms with Gasteiger partial charge in [-0.15, -0.1) is 0 Å². The number of nitrogens with zero attached hydrogens (tertiary/aromatic N) is 4. The molecule has 6 nitrogen and oxygen atoms in total. The Bertz CT molecular complexity index is 641. The van der Waals surface area contributed by atoms with Crippen LogP contribution < -0.4 is 9.64 Å². The van der Waals surface area contributed by atoms with Crippen LogP contribution in [0.25, 0.3) is 0 Å². The number of allylic oxidation sites excluding steroid dienone is 3. The van der Waals surface area contributed by atoms with Gasteiger partial charge < -0.3 is 14.5 Å². The van der Waals surface area contributed by atoms with Crippen LogP contribution in [0.3, 0.4) is 0 Å². The van der Waals surface area contributed by atoms with Gasteiger partial charge in [0.25, 0.3) is 5.91 Å². The van der Waals surface area contributed by atoms with Crippen LogP contribution in [0.15, 0.2) is 36.6 Å². The molecule has 1 atom stereocenters. The summed E-state index contributed by atoms with van der Waals surface area (Å²) in [6.07, 6.45) is 8.09. The zero-order valence-electron chi connectivity index (χ0n) is 13.0. The highest BCUT2D eigenvalue weighted by Crippen LogP contribution is 2.26. The molecule has 0 bridgehead atoms. The second-order valence-electron chi connectivity index (χ2n) is 5.53. The summed E-state index contributed by atoms with van der Waals surface area (Å²) in [5.41, 5.74) is -1.91. The number of ether oxygens (including phenoxy) is 1. The molecule has 23 heavy (non-hydrogen) atoms. The smallest absolute Gasteiger partial charge is 0.264 e. The van der Waals surface area contributed by atoms with Crippen molar-refractivity contribution in [1.82, 2.24) is 14.9 Å². The summed E-state index contributed by atoms with van der Waals surface area (Å²) < 4.78 is 19.8. The van der Waals surface area contributed by atoms with Gasteiger partial charge in [-0.05, 0) is 6.08 Å². The third kappa shape index (κ3) is 3.18. The number of rotatable bonds is 3. The van der Waals surface area contributed by atoms with Crippen molar-refractivity contribution in [2.24, 2.45) is 0 Å². The number of alkyl halides is 1. The van der Waals surface area contributed by atoms with E-state index in [0.29, 0.717) is 38.0 Å². The molecule has 1 fully saturated rings. The Kier molecular flexibility index (Phi) is 4.27. The van der Waals surface area contributed by atoms with E-state index in [9.17, 15) is 9.18 Å². The molecule has 1 amide bonds. The van der Waals surface area contributed by atoms with Crippen LogP contribution in [0.5, 0.6) is 5.88 Å². The first-order chi connectivity index (χ1) is 11.1. The fraction of sp³-hybridized carbons (Fsp3) is 0.438. The van der Waals surface area contributed by atoms with Crippen LogP contribution in [0, 0.1) is 0 Å². The van der Waals surface area contributed by atoms with Gasteiger partial charge in [0.05, 0.1) is 7.11 Å². The van der Waals surface area contributed by atoms with Gasteiger partial charge in [-0.3, -0.25) is 4.79 Å². The van der Waals surface area contributed by atoms with Crippen molar-refractivity contribution in [2.75, 3.05) is 38.2 Å². The lowest BCUT2D eigenvalue weighted by Crippen LogP contribution is -2.54. The number of carbonyl (C=O) groups is 1. The molecule has 0 aromatic carbocycles. The normalized spacial score (nSPS) is 23.9. The molecule has 0 N–H and O–H groups in total. The third-order valence-corrected chi connectivity index (χ3v) is 4.05. The standard InChI is InChI=1S/C16H19FN4O2/c1-23-13-5-8-18-15(19-13)21-11-9-20(10-12-21)14(22)16(17)6-3-2-4-7-16/h2-6,8H,7,9-12H2,1H3. The Morgan fingerprint density at radius 3 is 2.74 bits per heavy atom. The van der Waals surface area contributed by atoms with E-state index in [1.54, 1.807) is 42.5 Å². The number of amides is 1. The minimum absolute atomic E-state index is 0.0988. The van der Waals surface area contributed by atoms with Crippen molar-refractivity contribution in [3.63, 3.8) is 0 Å². The Balaban J connectivity index is 1.63. The van der Waals surface area contributed by atoms with E-state index in [1.165, 1.54) is 6.08 Å². The van der Waals surface area contributed by atoms with E-state index < -0.39 is 11.6 Å². The first-order valence-corrected chi connectivity index (χ1v) is 7.57. The maximum Gasteiger partial charge on any atom is 0.264 e. The molecule has 3 rings (SSSR count). The Hall–Kier alpha value is -2.44. The summed E-state index contributed by atoms with van der Waals surface area (Å²) in [6, 6.07) is 1.68. The van der Waals surface area contributed by atoms with Crippen LogP contribution >= 0.6 is 0 Å². The highest BCUT2D eigenvalue weighted by Gasteiger charge is 2.40. The predicted octanol–water partition coefficient (Wildman–Crippen LogP) is 1.36. The molecule has 0 radical (unpaired) electrons. The molecule has 1 unspecified atom stereocenters. The second kappa shape index (κ2) is 6.36. The molecular formula is C16H19FN4O2. The average molecular weight is 318 g/mol. The highest BCUT2D eigenvalue weighted by atomic mass is 19.1. The second-order valence-corrected chi connectivity index (χ2v) is 5.53. The number of methoxy groups -OCH3 is 1. The largest absolute Gasteiger partial charge is 0.481 e. The Morgan fingerprint density at radius 2 is 2.09 bits per heavy atom. The van der Waals surface area contributed by atoms with E-state index in [1.807, 2.05) is 4.90 Å². The minimum atomic E-state index is -1.91. The Morgan fingerprint density at radius 1 is 1.30 bits per heavy atom. The van der Waals surface area contributed by atoms with Crippen LogP contribution in [0.4, 0.5) is 10.3 Å². The van der Waals surface area contributed by atoms with Gasteiger partial charge in [0.1, 0.15) is 0 Å². The van der Waals surface area contributed by atoms with Crippen molar-refractivity contribution in [2.45, 2.75) is 12.1 Å². The van der Waals surface area contributed by atoms with E-state index in [2.05, 4.69) is 9.97 Å². The van der Waals surface area contributed by atoms with Gasteiger partial charge in [-0.25, -0.2) is 9.37 Å². The van der Waals surface area contributed by atoms with Crippen LogP contribution in [-0.2, 0) is 4.79 Å². The molecule has 1 saturated heterocycles. The summed E-state index contributed by atoms with van der Waals surface area (Å²) in [6.45, 7) is 2.02. The molecule has 7 heteroatoms. The quantitative estimate of drug-likeness (QED) is 0.842. The summed E-state index contributed by atoms with van der Waals surface area (Å²) >= 11 is 0. The van der Waals surface area contributed by atoms with Crippen molar-refractivity contribution in [3.05, 3.63) is 36.6 Å². The lowest BCUT2D eigenvalue weighted by atomic mass is 9.95. The fourth-order valence-electron chi connectivity index (χ4n) is 2.72. The third-order valence-electron chi connectivity index (χ3n) is 4.05. The molecule has 0 saturated carbocycles. The molecule has 122 valence electrons. The van der Waals surface area contributed by atoms with Crippen molar-refractivity contribution in [3.8, 4) is 5.88 Å². The Labute approximate surface area is 134 Å². The van der Waals surface area contributed by atoms with Gasteiger partial charge in [-0.1, -0.05) is 18.2 Å². The van der Waals surface area contributed by atoms with E-state index in [-0.39, 0.29) is 6.42 Å². The molecule has 1 aromatic rings. The molecule has 1 aliphatic carbocycles. The lowest BCUT2D eigenvalue weighted by Gasteiger charge is -2.37. The molecule has 2 aliphatic rings. The number of hydrogen-bond donors (Lipinski definition) is 0. The lowest BCUT2D eigenvalue weighted by molar-refractivity contribution is -0.141. The maximum absolute atomic E-state index is 14.7. The highest BCUT2D eigenvalue weighted by molar-refractivity contribution is 5.88. The van der Waals surface area contributed by atoms with Gasteiger partial charge in [0.2, 0.25) is 17.5 Å². The molecule has 1 aliphatic heterocycles. The van der Waals surface area contributed by atoms with Crippen LogP contribution in [-0.4, -0.2) is 59.7 Å². The summed E-state index contributed by atoms with van der Waals surface area (Å²) in [5, 5.41) is 0. The number of halogens is 1. The van der Waals surface area contributed by atoms with Gasteiger partial charge in [0, 0.05) is 44.9 Å². The van der Waals surface area contributed by atoms with Gasteiger partial charge >= 0.3 is 0 Å². The molecule has 0 spiro atoms. The van der Waals surface area contributed by atoms with Crippen LogP contribution in [0.1, 0.15) is 6.42 Å². The zero-order chi connectivity index (χ0) is 16.3. The number of hydrogen-bond acceptors (Lipinski definition) is 5.